The number of carboxylic acids is 1. The molecular formula is C48H78NO12P. The van der Waals surface area contributed by atoms with E-state index in [-0.39, 0.29) is 32.1 Å². The van der Waals surface area contributed by atoms with Gasteiger partial charge in [-0.25, -0.2) is 4.57 Å². The average Bonchev–Trinajstić information content (AvgIpc) is 3.24. The average molecular weight is 892 g/mol. The normalized spacial score (nSPS) is 15.6. The highest BCUT2D eigenvalue weighted by molar-refractivity contribution is 7.47. The van der Waals surface area contributed by atoms with Gasteiger partial charge in [0.05, 0.1) is 25.4 Å². The molecule has 0 radical (unpaired) electrons. The van der Waals surface area contributed by atoms with Gasteiger partial charge in [0, 0.05) is 12.8 Å². The summed E-state index contributed by atoms with van der Waals surface area (Å²) in [6, 6.07) is -1.57. The number of carbonyl (C=O) groups is 3. The van der Waals surface area contributed by atoms with Gasteiger partial charge in [-0.2, -0.15) is 0 Å². The lowest BCUT2D eigenvalue weighted by Crippen LogP contribution is -2.34. The predicted molar refractivity (Wildman–Crippen MR) is 247 cm³/mol. The monoisotopic (exact) mass is 892 g/mol. The Bertz CT molecular complexity index is 1450. The number of phosphoric acid groups is 1. The molecular weight excluding hydrogens is 813 g/mol. The van der Waals surface area contributed by atoms with Crippen molar-refractivity contribution in [1.82, 2.24) is 0 Å². The Morgan fingerprint density at radius 2 is 1.06 bits per heavy atom. The van der Waals surface area contributed by atoms with E-state index in [1.54, 1.807) is 6.08 Å². The summed E-state index contributed by atoms with van der Waals surface area (Å²) in [7, 11) is -4.80. The number of hydrogen-bond donors (Lipinski definition) is 5. The minimum Gasteiger partial charge on any atom is -0.480 e. The third kappa shape index (κ3) is 39.2. The predicted octanol–water partition coefficient (Wildman–Crippen LogP) is 10.0. The van der Waals surface area contributed by atoms with E-state index in [0.717, 1.165) is 64.2 Å². The molecule has 0 aromatic heterocycles. The van der Waals surface area contributed by atoms with Crippen LogP contribution >= 0.6 is 7.82 Å². The maximum absolute atomic E-state index is 12.7. The summed E-state index contributed by atoms with van der Waals surface area (Å²) in [5.41, 5.74) is 5.32. The molecule has 0 saturated carbocycles. The molecule has 5 atom stereocenters. The molecule has 13 nitrogen and oxygen atoms in total. The number of aliphatic hydroxyl groups is 2. The van der Waals surface area contributed by atoms with Crippen LogP contribution in [0.2, 0.25) is 0 Å². The van der Waals surface area contributed by atoms with Gasteiger partial charge >= 0.3 is 25.7 Å². The number of carbonyl (C=O) groups excluding carboxylic acids is 2. The summed E-state index contributed by atoms with van der Waals surface area (Å²) in [5.74, 6) is -2.76. The smallest absolute Gasteiger partial charge is 0.472 e. The zero-order valence-corrected chi connectivity index (χ0v) is 38.3. The zero-order chi connectivity index (χ0) is 45.9. The lowest BCUT2D eigenvalue weighted by Gasteiger charge is -2.20. The Kier molecular flexibility index (Phi) is 38.9. The third-order valence-corrected chi connectivity index (χ3v) is 9.97. The number of aliphatic carboxylic acids is 1. The van der Waals surface area contributed by atoms with Gasteiger partial charge in [0.25, 0.3) is 0 Å². The molecule has 0 bridgehead atoms. The van der Waals surface area contributed by atoms with Crippen LogP contribution in [-0.2, 0) is 37.5 Å². The van der Waals surface area contributed by atoms with E-state index in [1.165, 1.54) is 19.3 Å². The second-order valence-corrected chi connectivity index (χ2v) is 16.2. The maximum Gasteiger partial charge on any atom is 0.472 e. The van der Waals surface area contributed by atoms with Crippen molar-refractivity contribution in [3.8, 4) is 0 Å². The lowest BCUT2D eigenvalue weighted by atomic mass is 10.0. The fourth-order valence-corrected chi connectivity index (χ4v) is 6.15. The standard InChI is InChI=1S/C48H78NO12P/c1-3-5-7-9-11-13-15-17-18-19-20-21-22-23-25-27-29-31-33-37-47(53)61-42(40-59-62(56,57)60-41-43(49)48(54)55)39-58-46(52)38-34-36-45(51)44(50)35-32-30-28-26-24-16-14-12-10-8-6-4-2/h6,8,11-14,17-18,20-21,23-26,30,32,42-45,50-51H,3-5,7,9-10,15-16,19,22,27-29,31,33-41,49H2,1-2H3,(H,54,55)(H,56,57)/b8-6-,13-11-,14-12-,18-17-,21-20-,25-23-,26-24-,32-30-/t42-,43+,44+,45+/m1/s1. The number of nitrogens with two attached hydrogens (primary N) is 1. The number of unbranched alkanes of at least 4 members (excludes halogenated alkanes) is 6. The van der Waals surface area contributed by atoms with Crippen LogP contribution in [-0.4, -0.2) is 82.3 Å². The SMILES string of the molecule is CC/C=C\C/C=C\C/C=C\C/C=C\C[C@H](O)[C@@H](O)CCCC(=O)OC[C@H](COP(=O)(O)OC[C@H](N)C(=O)O)OC(=O)CCCCC/C=C\C/C=C\C/C=C\C/C=C\CCCCC. The number of ether oxygens (including phenoxy) is 2. The van der Waals surface area contributed by atoms with Crippen molar-refractivity contribution in [2.45, 2.75) is 167 Å². The first-order valence-corrected chi connectivity index (χ1v) is 23.9. The van der Waals surface area contributed by atoms with Gasteiger partial charge in [-0.05, 0) is 96.3 Å². The summed E-state index contributed by atoms with van der Waals surface area (Å²) < 4.78 is 32.5. The number of rotatable bonds is 40. The Hall–Kier alpha value is -3.68. The van der Waals surface area contributed by atoms with Crippen LogP contribution in [0.25, 0.3) is 0 Å². The van der Waals surface area contributed by atoms with Gasteiger partial charge in [0.15, 0.2) is 6.10 Å². The first-order valence-electron chi connectivity index (χ1n) is 22.4. The topological polar surface area (TPSA) is 212 Å². The van der Waals surface area contributed by atoms with E-state index in [0.29, 0.717) is 12.8 Å². The van der Waals surface area contributed by atoms with Gasteiger partial charge in [0.2, 0.25) is 0 Å². The van der Waals surface area contributed by atoms with E-state index in [9.17, 15) is 34.1 Å². The molecule has 0 aliphatic heterocycles. The first-order chi connectivity index (χ1) is 29.9. The fourth-order valence-electron chi connectivity index (χ4n) is 5.37. The van der Waals surface area contributed by atoms with Crippen LogP contribution in [0, 0.1) is 0 Å². The van der Waals surface area contributed by atoms with Gasteiger partial charge < -0.3 is 35.4 Å². The highest BCUT2D eigenvalue weighted by atomic mass is 31.2. The second-order valence-electron chi connectivity index (χ2n) is 14.8. The highest BCUT2D eigenvalue weighted by Crippen LogP contribution is 2.43. The van der Waals surface area contributed by atoms with E-state index in [4.69, 9.17) is 24.8 Å². The van der Waals surface area contributed by atoms with E-state index >= 15 is 0 Å². The van der Waals surface area contributed by atoms with Crippen LogP contribution in [0.15, 0.2) is 97.2 Å². The Morgan fingerprint density at radius 1 is 0.581 bits per heavy atom. The van der Waals surface area contributed by atoms with Crippen LogP contribution in [0.1, 0.15) is 142 Å². The molecule has 14 heteroatoms. The molecule has 0 fully saturated rings. The van der Waals surface area contributed by atoms with Crippen molar-refractivity contribution in [3.63, 3.8) is 0 Å². The summed E-state index contributed by atoms with van der Waals surface area (Å²) >= 11 is 0. The lowest BCUT2D eigenvalue weighted by molar-refractivity contribution is -0.161. The Balaban J connectivity index is 4.66. The van der Waals surface area contributed by atoms with Crippen molar-refractivity contribution in [2.24, 2.45) is 5.73 Å². The van der Waals surface area contributed by atoms with E-state index in [2.05, 4.69) is 97.4 Å². The molecule has 0 aliphatic rings. The first kappa shape index (κ1) is 58.3. The summed E-state index contributed by atoms with van der Waals surface area (Å²) in [6.07, 6.45) is 45.0. The van der Waals surface area contributed by atoms with Gasteiger partial charge in [0.1, 0.15) is 12.6 Å². The molecule has 0 amide bonds. The molecule has 1 unspecified atom stereocenters. The molecule has 352 valence electrons. The molecule has 6 N–H and O–H groups in total. The van der Waals surface area contributed by atoms with Gasteiger partial charge in [-0.3, -0.25) is 23.4 Å². The molecule has 0 heterocycles. The number of hydrogen-bond acceptors (Lipinski definition) is 11. The van der Waals surface area contributed by atoms with Crippen LogP contribution < -0.4 is 5.73 Å². The van der Waals surface area contributed by atoms with Crippen molar-refractivity contribution in [2.75, 3.05) is 19.8 Å². The number of carboxylic acid groups (broad SMARTS) is 1. The molecule has 0 rings (SSSR count). The summed E-state index contributed by atoms with van der Waals surface area (Å²) in [4.78, 5) is 46.1. The quantitative estimate of drug-likeness (QED) is 0.0168. The third-order valence-electron chi connectivity index (χ3n) is 9.02. The molecule has 0 spiro atoms. The van der Waals surface area contributed by atoms with Crippen molar-refractivity contribution in [3.05, 3.63) is 97.2 Å². The van der Waals surface area contributed by atoms with Gasteiger partial charge in [-0.1, -0.05) is 130 Å². The molecule has 0 saturated heterocycles. The van der Waals surface area contributed by atoms with Crippen molar-refractivity contribution >= 4 is 25.7 Å². The molecule has 0 aromatic rings. The zero-order valence-electron chi connectivity index (χ0n) is 37.4. The second kappa shape index (κ2) is 41.3. The highest BCUT2D eigenvalue weighted by Gasteiger charge is 2.28. The Labute approximate surface area is 371 Å². The Morgan fingerprint density at radius 3 is 1.60 bits per heavy atom. The van der Waals surface area contributed by atoms with Crippen LogP contribution in [0.4, 0.5) is 0 Å². The van der Waals surface area contributed by atoms with E-state index in [1.807, 2.05) is 12.2 Å². The number of phosphoric ester groups is 1. The van der Waals surface area contributed by atoms with E-state index < -0.39 is 69.9 Å². The van der Waals surface area contributed by atoms with Crippen LogP contribution in [0.3, 0.4) is 0 Å². The maximum atomic E-state index is 12.7. The minimum absolute atomic E-state index is 0.0565. The molecule has 0 aliphatic carbocycles. The summed E-state index contributed by atoms with van der Waals surface area (Å²) in [5, 5.41) is 29.6. The van der Waals surface area contributed by atoms with Crippen LogP contribution in [0.5, 0.6) is 0 Å². The largest absolute Gasteiger partial charge is 0.480 e. The minimum atomic E-state index is -4.80. The molecule has 62 heavy (non-hydrogen) atoms. The number of esters is 2. The molecule has 0 aromatic carbocycles. The van der Waals surface area contributed by atoms with Crippen molar-refractivity contribution < 1.29 is 57.7 Å². The fraction of sp³-hybridized carbons (Fsp3) is 0.604. The number of allylic oxidation sites excluding steroid dienone is 15. The van der Waals surface area contributed by atoms with Gasteiger partial charge in [-0.15, -0.1) is 0 Å². The summed E-state index contributed by atoms with van der Waals surface area (Å²) in [6.45, 7) is 2.31. The van der Waals surface area contributed by atoms with Crippen molar-refractivity contribution in [1.29, 1.82) is 0 Å². The number of aliphatic hydroxyl groups excluding tert-OH is 2.